The van der Waals surface area contributed by atoms with Crippen LogP contribution in [-0.4, -0.2) is 23.1 Å². The van der Waals surface area contributed by atoms with Gasteiger partial charge in [0.1, 0.15) is 11.2 Å². The standard InChI is InChI=1S/C17H32O6/c1-9-11-17(12-10-2,13(18)20-22-15(3,4)5)14(19)21-23-16(6,7)8/h9-12H2,1-8H3. The minimum absolute atomic E-state index is 0.305. The first-order valence-electron chi connectivity index (χ1n) is 8.18. The van der Waals surface area contributed by atoms with Gasteiger partial charge in [0.15, 0.2) is 5.41 Å². The van der Waals surface area contributed by atoms with Crippen LogP contribution in [-0.2, 0) is 29.1 Å². The monoisotopic (exact) mass is 332 g/mol. The third-order valence-corrected chi connectivity index (χ3v) is 2.87. The first-order valence-corrected chi connectivity index (χ1v) is 8.18. The Balaban J connectivity index is 5.28. The van der Waals surface area contributed by atoms with Gasteiger partial charge >= 0.3 is 11.9 Å². The van der Waals surface area contributed by atoms with E-state index in [2.05, 4.69) is 0 Å². The summed E-state index contributed by atoms with van der Waals surface area (Å²) in [5.41, 5.74) is -2.74. The third-order valence-electron chi connectivity index (χ3n) is 2.87. The van der Waals surface area contributed by atoms with Gasteiger partial charge in [0.2, 0.25) is 0 Å². The zero-order chi connectivity index (χ0) is 18.3. The number of carbonyl (C=O) groups excluding carboxylic acids is 2. The van der Waals surface area contributed by atoms with E-state index in [4.69, 9.17) is 19.6 Å². The van der Waals surface area contributed by atoms with Gasteiger partial charge in [-0.3, -0.25) is 9.78 Å². The van der Waals surface area contributed by atoms with Crippen LogP contribution in [0.4, 0.5) is 0 Å². The summed E-state index contributed by atoms with van der Waals surface area (Å²) in [6, 6.07) is 0. The smallest absolute Gasteiger partial charge is 0.297 e. The van der Waals surface area contributed by atoms with Gasteiger partial charge in [-0.1, -0.05) is 26.7 Å². The lowest BCUT2D eigenvalue weighted by molar-refractivity contribution is -0.340. The van der Waals surface area contributed by atoms with Crippen molar-refractivity contribution in [2.24, 2.45) is 5.41 Å². The summed E-state index contributed by atoms with van der Waals surface area (Å²) in [5.74, 6) is -1.47. The zero-order valence-corrected chi connectivity index (χ0v) is 15.8. The molecule has 0 unspecified atom stereocenters. The molecule has 0 aromatic heterocycles. The van der Waals surface area contributed by atoms with Crippen molar-refractivity contribution < 1.29 is 29.1 Å². The molecule has 0 aromatic carbocycles. The molecule has 0 saturated heterocycles. The molecule has 0 rings (SSSR count). The van der Waals surface area contributed by atoms with E-state index in [0.717, 1.165) is 0 Å². The molecule has 6 heteroatoms. The predicted molar refractivity (Wildman–Crippen MR) is 86.1 cm³/mol. The minimum Gasteiger partial charge on any atom is -0.297 e. The lowest BCUT2D eigenvalue weighted by atomic mass is 9.79. The van der Waals surface area contributed by atoms with E-state index in [0.29, 0.717) is 25.7 Å². The van der Waals surface area contributed by atoms with E-state index in [9.17, 15) is 9.59 Å². The van der Waals surface area contributed by atoms with Gasteiger partial charge in [0.05, 0.1) is 0 Å². The predicted octanol–water partition coefficient (Wildman–Crippen LogP) is 4.12. The van der Waals surface area contributed by atoms with Gasteiger partial charge in [-0.15, -0.1) is 0 Å². The Morgan fingerprint density at radius 1 is 0.696 bits per heavy atom. The highest BCUT2D eigenvalue weighted by Crippen LogP contribution is 2.34. The van der Waals surface area contributed by atoms with Crippen LogP contribution in [0, 0.1) is 5.41 Å². The Kier molecular flexibility index (Phi) is 8.21. The molecule has 0 amide bonds. The average molecular weight is 332 g/mol. The Morgan fingerprint density at radius 3 is 1.22 bits per heavy atom. The molecular weight excluding hydrogens is 300 g/mol. The Labute approximate surface area is 139 Å². The summed E-state index contributed by atoms with van der Waals surface area (Å²) in [6.07, 6.45) is 1.85. The van der Waals surface area contributed by atoms with Crippen LogP contribution in [0.2, 0.25) is 0 Å². The van der Waals surface area contributed by atoms with Gasteiger partial charge in [0.25, 0.3) is 0 Å². The lowest BCUT2D eigenvalue weighted by Gasteiger charge is -2.29. The maximum absolute atomic E-state index is 12.6. The first-order chi connectivity index (χ1) is 10.4. The minimum atomic E-state index is -1.42. The summed E-state index contributed by atoms with van der Waals surface area (Å²) < 4.78 is 0. The van der Waals surface area contributed by atoms with Crippen molar-refractivity contribution in [1.29, 1.82) is 0 Å². The second-order valence-corrected chi connectivity index (χ2v) is 7.72. The summed E-state index contributed by atoms with van der Waals surface area (Å²) in [6.45, 7) is 14.3. The second-order valence-electron chi connectivity index (χ2n) is 7.72. The molecule has 0 atom stereocenters. The molecule has 6 nitrogen and oxygen atoms in total. The highest BCUT2D eigenvalue weighted by atomic mass is 17.2. The van der Waals surface area contributed by atoms with Crippen LogP contribution >= 0.6 is 0 Å². The summed E-state index contributed by atoms with van der Waals surface area (Å²) in [5, 5.41) is 0. The van der Waals surface area contributed by atoms with Crippen LogP contribution in [0.25, 0.3) is 0 Å². The highest BCUT2D eigenvalue weighted by molar-refractivity contribution is 5.99. The van der Waals surface area contributed by atoms with Crippen LogP contribution in [0.3, 0.4) is 0 Å². The zero-order valence-electron chi connectivity index (χ0n) is 15.8. The second kappa shape index (κ2) is 8.64. The van der Waals surface area contributed by atoms with Crippen LogP contribution in [0.1, 0.15) is 81.1 Å². The van der Waals surface area contributed by atoms with Crippen LogP contribution < -0.4 is 0 Å². The van der Waals surface area contributed by atoms with Crippen molar-refractivity contribution in [2.45, 2.75) is 92.3 Å². The molecule has 0 aliphatic carbocycles. The van der Waals surface area contributed by atoms with Crippen molar-refractivity contribution in [3.8, 4) is 0 Å². The molecule has 0 bridgehead atoms. The fourth-order valence-electron chi connectivity index (χ4n) is 1.96. The SMILES string of the molecule is CCCC(CCC)(C(=O)OOC(C)(C)C)C(=O)OOC(C)(C)C. The largest absolute Gasteiger partial charge is 0.359 e. The molecule has 0 radical (unpaired) electrons. The number of hydrogen-bond acceptors (Lipinski definition) is 6. The van der Waals surface area contributed by atoms with E-state index in [1.54, 1.807) is 41.5 Å². The van der Waals surface area contributed by atoms with Gasteiger partial charge in [-0.2, -0.15) is 9.78 Å². The van der Waals surface area contributed by atoms with Crippen molar-refractivity contribution in [3.05, 3.63) is 0 Å². The Hall–Kier alpha value is -1.14. The molecule has 136 valence electrons. The molecule has 0 aliphatic rings. The Bertz CT molecular complexity index is 351. The average Bonchev–Trinajstić information content (AvgIpc) is 2.40. The normalized spacial score (nSPS) is 12.9. The van der Waals surface area contributed by atoms with Gasteiger partial charge in [0, 0.05) is 0 Å². The first kappa shape index (κ1) is 21.9. The lowest BCUT2D eigenvalue weighted by Crippen LogP contribution is -2.43. The van der Waals surface area contributed by atoms with Crippen molar-refractivity contribution in [1.82, 2.24) is 0 Å². The van der Waals surface area contributed by atoms with Crippen molar-refractivity contribution >= 4 is 11.9 Å². The third kappa shape index (κ3) is 7.79. The van der Waals surface area contributed by atoms with E-state index in [1.807, 2.05) is 13.8 Å². The van der Waals surface area contributed by atoms with E-state index in [-0.39, 0.29) is 0 Å². The van der Waals surface area contributed by atoms with Crippen molar-refractivity contribution in [3.63, 3.8) is 0 Å². The molecule has 0 N–H and O–H groups in total. The summed E-state index contributed by atoms with van der Waals surface area (Å²) in [4.78, 5) is 45.2. The van der Waals surface area contributed by atoms with E-state index in [1.165, 1.54) is 0 Å². The Morgan fingerprint density at radius 2 is 1.00 bits per heavy atom. The van der Waals surface area contributed by atoms with Gasteiger partial charge in [-0.05, 0) is 54.4 Å². The molecule has 0 aromatic rings. The molecule has 0 spiro atoms. The van der Waals surface area contributed by atoms with Crippen LogP contribution in [0.15, 0.2) is 0 Å². The van der Waals surface area contributed by atoms with E-state index >= 15 is 0 Å². The molecular formula is C17H32O6. The fraction of sp³-hybridized carbons (Fsp3) is 0.882. The van der Waals surface area contributed by atoms with Crippen LogP contribution in [0.5, 0.6) is 0 Å². The highest BCUT2D eigenvalue weighted by Gasteiger charge is 2.49. The summed E-state index contributed by atoms with van der Waals surface area (Å²) in [7, 11) is 0. The van der Waals surface area contributed by atoms with Gasteiger partial charge < -0.3 is 0 Å². The molecule has 0 saturated carbocycles. The quantitative estimate of drug-likeness (QED) is 0.378. The molecule has 0 heterocycles. The summed E-state index contributed by atoms with van der Waals surface area (Å²) >= 11 is 0. The molecule has 0 fully saturated rings. The maximum Gasteiger partial charge on any atom is 0.359 e. The van der Waals surface area contributed by atoms with Crippen molar-refractivity contribution in [2.75, 3.05) is 0 Å². The molecule has 0 aliphatic heterocycles. The maximum atomic E-state index is 12.6. The number of hydrogen-bond donors (Lipinski definition) is 0. The fourth-order valence-corrected chi connectivity index (χ4v) is 1.96. The number of rotatable bonds is 8. The molecule has 23 heavy (non-hydrogen) atoms. The van der Waals surface area contributed by atoms with E-state index < -0.39 is 28.6 Å². The topological polar surface area (TPSA) is 71.1 Å². The van der Waals surface area contributed by atoms with Gasteiger partial charge in [-0.25, -0.2) is 9.59 Å². The number of carbonyl (C=O) groups is 2.